The average Bonchev–Trinajstić information content (AvgIpc) is 2.76. The van der Waals surface area contributed by atoms with E-state index in [-0.39, 0.29) is 12.1 Å². The van der Waals surface area contributed by atoms with E-state index in [4.69, 9.17) is 7.85 Å². The summed E-state index contributed by atoms with van der Waals surface area (Å²) in [4.78, 5) is 10.7. The Morgan fingerprint density at radius 2 is 1.61 bits per heavy atom. The normalized spacial score (nSPS) is 24.7. The monoisotopic (exact) mass is 429 g/mol. The molecule has 0 spiro atoms. The van der Waals surface area contributed by atoms with Gasteiger partial charge in [-0.3, -0.25) is 0 Å². The number of piperidine rings is 1. The number of rotatable bonds is 5. The van der Waals surface area contributed by atoms with Crippen LogP contribution in [0.1, 0.15) is 44.1 Å². The van der Waals surface area contributed by atoms with Crippen molar-refractivity contribution in [2.24, 2.45) is 0 Å². The van der Waals surface area contributed by atoms with Crippen LogP contribution in [0.25, 0.3) is 0 Å². The van der Waals surface area contributed by atoms with E-state index < -0.39 is 11.7 Å². The summed E-state index contributed by atoms with van der Waals surface area (Å²) in [5, 5.41) is 7.26. The van der Waals surface area contributed by atoms with Gasteiger partial charge < -0.3 is 15.5 Å². The minimum Gasteiger partial charge on any atom is -0.370 e. The maximum atomic E-state index is 12.9. The molecular weight excluding hydrogens is 402 g/mol. The van der Waals surface area contributed by atoms with Gasteiger partial charge in [0.1, 0.15) is 7.85 Å². The zero-order valence-corrected chi connectivity index (χ0v) is 17.4. The van der Waals surface area contributed by atoms with Crippen LogP contribution in [0.5, 0.6) is 0 Å². The number of anilines is 2. The number of aromatic nitrogens is 2. The average molecular weight is 429 g/mol. The summed E-state index contributed by atoms with van der Waals surface area (Å²) >= 11 is 0. The van der Waals surface area contributed by atoms with Crippen molar-refractivity contribution in [2.45, 2.75) is 62.8 Å². The van der Waals surface area contributed by atoms with Crippen LogP contribution in [0.2, 0.25) is 0 Å². The molecule has 3 atom stereocenters. The molecule has 9 heteroatoms. The van der Waals surface area contributed by atoms with E-state index in [1.165, 1.54) is 18.6 Å². The Hall–Kier alpha value is -2.29. The number of alkyl halides is 3. The molecule has 2 aliphatic rings. The van der Waals surface area contributed by atoms with Crippen LogP contribution in [0, 0.1) is 0 Å². The Balaban J connectivity index is 1.37. The maximum Gasteiger partial charge on any atom is 0.416 e. The summed E-state index contributed by atoms with van der Waals surface area (Å²) < 4.78 is 38.6. The van der Waals surface area contributed by atoms with Gasteiger partial charge in [0.05, 0.1) is 5.56 Å². The number of halogens is 3. The zero-order valence-electron chi connectivity index (χ0n) is 17.4. The first-order valence-electron chi connectivity index (χ1n) is 10.9. The standard InChI is InChI=1S/C22H27BF3N5/c23-16-12-27-21(28-13-16)30-20-6-2-1-5-19(20)29-17-4-3-11-31(14-17)18-9-7-15(8-10-18)22(24,25)26/h7-10,12-13,17,19-20,29H,1-6,11,14H2,(H,27,28,30)/t17-,19+,20+/m0/s1. The van der Waals surface area contributed by atoms with Crippen LogP contribution < -0.4 is 21.0 Å². The predicted octanol–water partition coefficient (Wildman–Crippen LogP) is 3.27. The van der Waals surface area contributed by atoms with Crippen LogP contribution in [0.15, 0.2) is 36.7 Å². The minimum atomic E-state index is -4.30. The summed E-state index contributed by atoms with van der Waals surface area (Å²) in [7, 11) is 5.68. The molecule has 1 aliphatic heterocycles. The van der Waals surface area contributed by atoms with Gasteiger partial charge in [-0.15, -0.1) is 0 Å². The van der Waals surface area contributed by atoms with Crippen molar-refractivity contribution < 1.29 is 13.2 Å². The summed E-state index contributed by atoms with van der Waals surface area (Å²) in [6.45, 7) is 1.64. The second kappa shape index (κ2) is 9.46. The fourth-order valence-corrected chi connectivity index (χ4v) is 4.59. The van der Waals surface area contributed by atoms with Gasteiger partial charge in [0, 0.05) is 49.3 Å². The van der Waals surface area contributed by atoms with E-state index in [9.17, 15) is 13.2 Å². The summed E-state index contributed by atoms with van der Waals surface area (Å²) in [6.07, 6.45) is 5.41. The zero-order chi connectivity index (χ0) is 21.8. The second-order valence-electron chi connectivity index (χ2n) is 8.48. The van der Waals surface area contributed by atoms with Gasteiger partial charge in [0.2, 0.25) is 5.95 Å². The molecule has 1 aromatic carbocycles. The fraction of sp³-hybridized carbons (Fsp3) is 0.545. The summed E-state index contributed by atoms with van der Waals surface area (Å²) in [5.41, 5.74) is 0.770. The van der Waals surface area contributed by atoms with E-state index >= 15 is 0 Å². The minimum absolute atomic E-state index is 0.235. The molecule has 0 amide bonds. The third-order valence-corrected chi connectivity index (χ3v) is 6.18. The molecular formula is C22H27BF3N5. The van der Waals surface area contributed by atoms with Crippen molar-refractivity contribution in [2.75, 3.05) is 23.3 Å². The molecule has 0 unspecified atom stereocenters. The molecule has 1 saturated heterocycles. The van der Waals surface area contributed by atoms with E-state index in [1.807, 2.05) is 0 Å². The Bertz CT molecular complexity index is 844. The Morgan fingerprint density at radius 1 is 0.935 bits per heavy atom. The Morgan fingerprint density at radius 3 is 2.29 bits per heavy atom. The SMILES string of the molecule is [B]c1cnc(N[C@@H]2CCCC[C@H]2N[C@H]2CCCN(c3ccc(C(F)(F)F)cc3)C2)nc1. The Kier molecular flexibility index (Phi) is 6.70. The molecule has 4 rings (SSSR count). The summed E-state index contributed by atoms with van der Waals surface area (Å²) in [6, 6.07) is 6.31. The number of hydrogen-bond donors (Lipinski definition) is 2. The van der Waals surface area contributed by atoms with Crippen molar-refractivity contribution >= 4 is 24.9 Å². The van der Waals surface area contributed by atoms with E-state index in [0.29, 0.717) is 17.5 Å². The quantitative estimate of drug-likeness (QED) is 0.715. The highest BCUT2D eigenvalue weighted by atomic mass is 19.4. The molecule has 2 N–H and O–H groups in total. The van der Waals surface area contributed by atoms with Gasteiger partial charge in [0.15, 0.2) is 0 Å². The van der Waals surface area contributed by atoms with Crippen LogP contribution in [0.4, 0.5) is 24.8 Å². The Labute approximate surface area is 182 Å². The molecule has 2 heterocycles. The molecule has 1 saturated carbocycles. The van der Waals surface area contributed by atoms with Gasteiger partial charge in [-0.2, -0.15) is 13.2 Å². The van der Waals surface area contributed by atoms with Gasteiger partial charge in [0.25, 0.3) is 0 Å². The molecule has 164 valence electrons. The first kappa shape index (κ1) is 21.9. The highest BCUT2D eigenvalue weighted by molar-refractivity contribution is 6.31. The first-order valence-corrected chi connectivity index (χ1v) is 10.9. The van der Waals surface area contributed by atoms with Gasteiger partial charge in [-0.05, 0) is 49.9 Å². The third kappa shape index (κ3) is 5.70. The van der Waals surface area contributed by atoms with Crippen molar-refractivity contribution in [1.82, 2.24) is 15.3 Å². The van der Waals surface area contributed by atoms with Crippen molar-refractivity contribution in [3.05, 3.63) is 42.2 Å². The van der Waals surface area contributed by atoms with Crippen LogP contribution in [-0.2, 0) is 6.18 Å². The van der Waals surface area contributed by atoms with Crippen molar-refractivity contribution in [1.29, 1.82) is 0 Å². The third-order valence-electron chi connectivity index (χ3n) is 6.18. The molecule has 5 nitrogen and oxygen atoms in total. The van der Waals surface area contributed by atoms with Crippen molar-refractivity contribution in [3.8, 4) is 0 Å². The van der Waals surface area contributed by atoms with E-state index in [1.54, 1.807) is 24.5 Å². The van der Waals surface area contributed by atoms with Gasteiger partial charge in [-0.25, -0.2) is 9.97 Å². The smallest absolute Gasteiger partial charge is 0.370 e. The molecule has 1 aliphatic carbocycles. The highest BCUT2D eigenvalue weighted by Gasteiger charge is 2.31. The van der Waals surface area contributed by atoms with E-state index in [2.05, 4.69) is 25.5 Å². The number of nitrogens with one attached hydrogen (secondary N) is 2. The number of hydrogen-bond acceptors (Lipinski definition) is 5. The lowest BCUT2D eigenvalue weighted by molar-refractivity contribution is -0.137. The van der Waals surface area contributed by atoms with Gasteiger partial charge >= 0.3 is 6.18 Å². The molecule has 31 heavy (non-hydrogen) atoms. The number of nitrogens with zero attached hydrogens (tertiary/aromatic N) is 3. The fourth-order valence-electron chi connectivity index (χ4n) is 4.59. The van der Waals surface area contributed by atoms with Crippen LogP contribution in [0.3, 0.4) is 0 Å². The second-order valence-corrected chi connectivity index (χ2v) is 8.48. The topological polar surface area (TPSA) is 53.1 Å². The van der Waals surface area contributed by atoms with Crippen LogP contribution >= 0.6 is 0 Å². The van der Waals surface area contributed by atoms with E-state index in [0.717, 1.165) is 50.9 Å². The molecule has 2 radical (unpaired) electrons. The van der Waals surface area contributed by atoms with Gasteiger partial charge in [-0.1, -0.05) is 18.3 Å². The molecule has 1 aromatic heterocycles. The molecule has 0 bridgehead atoms. The summed E-state index contributed by atoms with van der Waals surface area (Å²) in [5.74, 6) is 0.586. The molecule has 2 aromatic rings. The first-order chi connectivity index (χ1) is 14.9. The van der Waals surface area contributed by atoms with Crippen LogP contribution in [-0.4, -0.2) is 49.0 Å². The number of benzene rings is 1. The highest BCUT2D eigenvalue weighted by Crippen LogP contribution is 2.31. The lowest BCUT2D eigenvalue weighted by Crippen LogP contribution is -2.55. The molecule has 2 fully saturated rings. The lowest BCUT2D eigenvalue weighted by atomic mass is 9.89. The van der Waals surface area contributed by atoms with Crippen molar-refractivity contribution in [3.63, 3.8) is 0 Å². The maximum absolute atomic E-state index is 12.9. The lowest BCUT2D eigenvalue weighted by Gasteiger charge is -2.40. The predicted molar refractivity (Wildman–Crippen MR) is 117 cm³/mol. The largest absolute Gasteiger partial charge is 0.416 e.